The molecule has 1 fully saturated rings. The zero-order valence-corrected chi connectivity index (χ0v) is 12.1. The predicted octanol–water partition coefficient (Wildman–Crippen LogP) is 2.42. The van der Waals surface area contributed by atoms with Gasteiger partial charge < -0.3 is 15.0 Å². The van der Waals surface area contributed by atoms with Crippen LogP contribution in [0, 0.1) is 0 Å². The number of aromatic nitrogens is 1. The van der Waals surface area contributed by atoms with E-state index in [9.17, 15) is 14.7 Å². The summed E-state index contributed by atoms with van der Waals surface area (Å²) in [6.45, 7) is 0.0822. The number of carbonyl (C=O) groups is 2. The molecule has 0 aliphatic heterocycles. The van der Waals surface area contributed by atoms with E-state index in [4.69, 9.17) is 11.6 Å². The van der Waals surface area contributed by atoms with Crippen molar-refractivity contribution >= 4 is 34.4 Å². The summed E-state index contributed by atoms with van der Waals surface area (Å²) in [5.74, 6) is -1.25. The van der Waals surface area contributed by atoms with Crippen molar-refractivity contribution in [3.8, 4) is 0 Å². The number of halogens is 1. The number of nitrogens with one attached hydrogen (secondary N) is 1. The molecule has 21 heavy (non-hydrogen) atoms. The Morgan fingerprint density at radius 2 is 2.10 bits per heavy atom. The molecule has 0 saturated heterocycles. The molecule has 0 spiro atoms. The minimum Gasteiger partial charge on any atom is -0.480 e. The Morgan fingerprint density at radius 1 is 1.33 bits per heavy atom. The number of hydrogen-bond donors (Lipinski definition) is 2. The van der Waals surface area contributed by atoms with Crippen molar-refractivity contribution in [3.05, 3.63) is 35.5 Å². The van der Waals surface area contributed by atoms with Crippen molar-refractivity contribution < 1.29 is 14.7 Å². The fourth-order valence-electron chi connectivity index (χ4n) is 2.68. The predicted molar refractivity (Wildman–Crippen MR) is 79.3 cm³/mol. The first-order valence-electron chi connectivity index (χ1n) is 6.79. The Labute approximate surface area is 126 Å². The van der Waals surface area contributed by atoms with Gasteiger partial charge >= 0.3 is 5.97 Å². The second-order valence-electron chi connectivity index (χ2n) is 5.44. The van der Waals surface area contributed by atoms with E-state index in [0.717, 1.165) is 17.3 Å². The Hall–Kier alpha value is -2.01. The average molecular weight is 307 g/mol. The molecule has 1 aliphatic carbocycles. The Morgan fingerprint density at radius 3 is 2.71 bits per heavy atom. The first-order valence-corrected chi connectivity index (χ1v) is 7.17. The highest BCUT2D eigenvalue weighted by atomic mass is 35.5. The van der Waals surface area contributed by atoms with Crippen LogP contribution in [0.4, 0.5) is 0 Å². The highest BCUT2D eigenvalue weighted by Crippen LogP contribution is 2.32. The smallest absolute Gasteiger partial charge is 0.329 e. The lowest BCUT2D eigenvalue weighted by molar-refractivity contribution is -0.151. The number of hydrogen-bond acceptors (Lipinski definition) is 2. The van der Waals surface area contributed by atoms with Crippen LogP contribution in [0.3, 0.4) is 0 Å². The van der Waals surface area contributed by atoms with Gasteiger partial charge in [-0.3, -0.25) is 4.79 Å². The first kappa shape index (κ1) is 13.9. The lowest BCUT2D eigenvalue weighted by Gasteiger charge is -2.38. The molecule has 3 rings (SSSR count). The maximum atomic E-state index is 12.1. The van der Waals surface area contributed by atoms with Crippen molar-refractivity contribution in [1.82, 2.24) is 9.88 Å². The van der Waals surface area contributed by atoms with Crippen molar-refractivity contribution in [2.45, 2.75) is 31.3 Å². The van der Waals surface area contributed by atoms with Gasteiger partial charge in [0.2, 0.25) is 5.91 Å². The first-order chi connectivity index (χ1) is 10.00. The van der Waals surface area contributed by atoms with Crippen molar-refractivity contribution in [3.63, 3.8) is 0 Å². The maximum Gasteiger partial charge on any atom is 0.329 e. The van der Waals surface area contributed by atoms with E-state index in [0.29, 0.717) is 17.9 Å². The van der Waals surface area contributed by atoms with Gasteiger partial charge in [-0.05, 0) is 42.8 Å². The molecular formula is C15H15ClN2O3. The normalized spacial score (nSPS) is 16.4. The minimum absolute atomic E-state index is 0.0822. The fraction of sp³-hybridized carbons (Fsp3) is 0.333. The van der Waals surface area contributed by atoms with Crippen LogP contribution in [0.2, 0.25) is 5.02 Å². The van der Waals surface area contributed by atoms with E-state index in [1.165, 1.54) is 0 Å². The number of nitrogens with zero attached hydrogens (tertiary/aromatic N) is 1. The fourth-order valence-corrected chi connectivity index (χ4v) is 2.85. The van der Waals surface area contributed by atoms with Crippen molar-refractivity contribution in [1.29, 1.82) is 0 Å². The highest BCUT2D eigenvalue weighted by Gasteiger charge is 2.45. The van der Waals surface area contributed by atoms with Gasteiger partial charge in [-0.15, -0.1) is 0 Å². The summed E-state index contributed by atoms with van der Waals surface area (Å²) in [6, 6.07) is 7.37. The van der Waals surface area contributed by atoms with E-state index < -0.39 is 11.5 Å². The van der Waals surface area contributed by atoms with Gasteiger partial charge in [0.25, 0.3) is 0 Å². The van der Waals surface area contributed by atoms with E-state index in [1.54, 1.807) is 22.9 Å². The third-order valence-electron chi connectivity index (χ3n) is 4.05. The molecule has 1 aromatic carbocycles. The number of carboxylic acids is 1. The number of aliphatic carboxylic acids is 1. The number of amides is 1. The van der Waals surface area contributed by atoms with Crippen LogP contribution in [-0.2, 0) is 16.1 Å². The van der Waals surface area contributed by atoms with Gasteiger partial charge in [0.1, 0.15) is 12.1 Å². The number of fused-ring (bicyclic) bond motifs is 1. The largest absolute Gasteiger partial charge is 0.480 e. The molecule has 6 heteroatoms. The molecular weight excluding hydrogens is 292 g/mol. The summed E-state index contributed by atoms with van der Waals surface area (Å²) < 4.78 is 1.77. The lowest BCUT2D eigenvalue weighted by atomic mass is 9.77. The minimum atomic E-state index is -1.07. The summed E-state index contributed by atoms with van der Waals surface area (Å²) >= 11 is 5.97. The van der Waals surface area contributed by atoms with Gasteiger partial charge in [-0.1, -0.05) is 17.7 Å². The third-order valence-corrected chi connectivity index (χ3v) is 4.28. The summed E-state index contributed by atoms with van der Waals surface area (Å²) in [7, 11) is 0. The van der Waals surface area contributed by atoms with Gasteiger partial charge in [0, 0.05) is 16.7 Å². The lowest BCUT2D eigenvalue weighted by Crippen LogP contribution is -2.59. The standard InChI is InChI=1S/C15H15ClN2O3/c16-11-3-2-10-4-7-18(12(10)8-11)9-13(19)17-15(14(20)21)5-1-6-15/h2-4,7-8H,1,5-6,9H2,(H,17,19)(H,20,21). The van der Waals surface area contributed by atoms with Crippen LogP contribution in [-0.4, -0.2) is 27.1 Å². The van der Waals surface area contributed by atoms with Gasteiger partial charge in [0.15, 0.2) is 0 Å². The summed E-state index contributed by atoms with van der Waals surface area (Å²) in [6.07, 6.45) is 3.61. The van der Waals surface area contributed by atoms with Crippen LogP contribution in [0.5, 0.6) is 0 Å². The summed E-state index contributed by atoms with van der Waals surface area (Å²) in [5.41, 5.74) is -0.215. The van der Waals surface area contributed by atoms with E-state index in [2.05, 4.69) is 5.32 Å². The van der Waals surface area contributed by atoms with Crippen molar-refractivity contribution in [2.24, 2.45) is 0 Å². The molecule has 1 saturated carbocycles. The monoisotopic (exact) mass is 306 g/mol. The molecule has 0 unspecified atom stereocenters. The van der Waals surface area contributed by atoms with Gasteiger partial charge in [0.05, 0.1) is 0 Å². The van der Waals surface area contributed by atoms with Crippen molar-refractivity contribution in [2.75, 3.05) is 0 Å². The number of carbonyl (C=O) groups excluding carboxylic acids is 1. The third kappa shape index (κ3) is 2.49. The Kier molecular flexibility index (Phi) is 3.37. The molecule has 110 valence electrons. The highest BCUT2D eigenvalue weighted by molar-refractivity contribution is 6.31. The van der Waals surface area contributed by atoms with E-state index in [-0.39, 0.29) is 12.5 Å². The zero-order valence-electron chi connectivity index (χ0n) is 11.3. The molecule has 1 heterocycles. The molecule has 0 radical (unpaired) electrons. The summed E-state index contributed by atoms with van der Waals surface area (Å²) in [5, 5.41) is 13.5. The molecule has 2 N–H and O–H groups in total. The molecule has 1 aliphatic rings. The summed E-state index contributed by atoms with van der Waals surface area (Å²) in [4.78, 5) is 23.4. The van der Waals surface area contributed by atoms with Crippen LogP contribution in [0.1, 0.15) is 19.3 Å². The van der Waals surface area contributed by atoms with Gasteiger partial charge in [-0.25, -0.2) is 4.79 Å². The average Bonchev–Trinajstić information content (AvgIpc) is 2.76. The molecule has 2 aromatic rings. The molecule has 1 aromatic heterocycles. The number of carboxylic acid groups (broad SMARTS) is 1. The molecule has 1 amide bonds. The number of benzene rings is 1. The topological polar surface area (TPSA) is 71.3 Å². The molecule has 0 bridgehead atoms. The SMILES string of the molecule is O=C(Cn1ccc2ccc(Cl)cc21)NC1(C(=O)O)CCC1. The Balaban J connectivity index is 1.77. The van der Waals surface area contributed by atoms with E-state index in [1.807, 2.05) is 12.1 Å². The van der Waals surface area contributed by atoms with Crippen LogP contribution < -0.4 is 5.32 Å². The zero-order chi connectivity index (χ0) is 15.0. The van der Waals surface area contributed by atoms with Crippen LogP contribution in [0.25, 0.3) is 10.9 Å². The second kappa shape index (κ2) is 5.07. The molecule has 5 nitrogen and oxygen atoms in total. The van der Waals surface area contributed by atoms with Gasteiger partial charge in [-0.2, -0.15) is 0 Å². The van der Waals surface area contributed by atoms with E-state index >= 15 is 0 Å². The Bertz CT molecular complexity index is 719. The maximum absolute atomic E-state index is 12.1. The number of rotatable bonds is 4. The quantitative estimate of drug-likeness (QED) is 0.911. The molecule has 0 atom stereocenters. The van der Waals surface area contributed by atoms with Crippen LogP contribution >= 0.6 is 11.6 Å². The second-order valence-corrected chi connectivity index (χ2v) is 5.87. The van der Waals surface area contributed by atoms with Crippen LogP contribution in [0.15, 0.2) is 30.5 Å².